The van der Waals surface area contributed by atoms with E-state index in [9.17, 15) is 19.2 Å². The molecule has 2 aliphatic rings. The van der Waals surface area contributed by atoms with Gasteiger partial charge in [-0.2, -0.15) is 0 Å². The number of rotatable bonds is 9. The number of amides is 4. The number of nitrogens with zero attached hydrogens (tertiary/aromatic N) is 4. The van der Waals surface area contributed by atoms with Crippen molar-refractivity contribution in [3.05, 3.63) is 99.5 Å². The minimum atomic E-state index is -1.17. The molecule has 4 amide bonds. The van der Waals surface area contributed by atoms with E-state index in [1.165, 1.54) is 15.4 Å². The number of hydrogen-bond acceptors (Lipinski definition) is 5. The average molecular weight is 771 g/mol. The number of anilines is 1. The van der Waals surface area contributed by atoms with Gasteiger partial charge < -0.3 is 24.9 Å². The number of piperidine rings is 1. The summed E-state index contributed by atoms with van der Waals surface area (Å²) in [5.74, 6) is -1.45. The highest BCUT2D eigenvalue weighted by molar-refractivity contribution is 6.42. The number of nitrogens with one attached hydrogen (secondary N) is 1. The van der Waals surface area contributed by atoms with E-state index >= 15 is 0 Å². The Morgan fingerprint density at radius 3 is 2.13 bits per heavy atom. The summed E-state index contributed by atoms with van der Waals surface area (Å²) in [6.07, 6.45) is 2.23. The van der Waals surface area contributed by atoms with E-state index in [1.54, 1.807) is 43.3 Å². The third-order valence-corrected chi connectivity index (χ3v) is 11.3. The Labute approximate surface area is 324 Å². The summed E-state index contributed by atoms with van der Waals surface area (Å²) in [6.45, 7) is 9.76. The minimum Gasteiger partial charge on any atom is -0.346 e. The van der Waals surface area contributed by atoms with Crippen molar-refractivity contribution in [3.8, 4) is 0 Å². The van der Waals surface area contributed by atoms with Crippen molar-refractivity contribution in [2.45, 2.75) is 64.5 Å². The first-order valence-corrected chi connectivity index (χ1v) is 18.3. The lowest BCUT2D eigenvalue weighted by Crippen LogP contribution is -2.60. The monoisotopic (exact) mass is 769 g/mol. The quantitative estimate of drug-likeness (QED) is 0.245. The number of benzene rings is 3. The summed E-state index contributed by atoms with van der Waals surface area (Å²) in [6, 6.07) is 22.5. The number of carbonyl (C=O) groups excluding carboxylic acids is 4. The van der Waals surface area contributed by atoms with Gasteiger partial charge in [0.05, 0.1) is 27.5 Å². The lowest BCUT2D eigenvalue weighted by molar-refractivity contribution is -0.151. The molecule has 1 fully saturated rings. The van der Waals surface area contributed by atoms with Crippen LogP contribution in [0.4, 0.5) is 5.69 Å². The number of likely N-dealkylation sites (tertiary alicyclic amines) is 1. The predicted octanol–water partition coefficient (Wildman–Crippen LogP) is 6.68. The van der Waals surface area contributed by atoms with Crippen LogP contribution in [0.25, 0.3) is 0 Å². The Kier molecular flexibility index (Phi) is 13.1. The van der Waals surface area contributed by atoms with Gasteiger partial charge >= 0.3 is 11.8 Å². The Bertz CT molecular complexity index is 1770. The maximum Gasteiger partial charge on any atom is 0.316 e. The van der Waals surface area contributed by atoms with Gasteiger partial charge in [-0.05, 0) is 67.1 Å². The first-order valence-electron chi connectivity index (χ1n) is 17.6. The fourth-order valence-corrected chi connectivity index (χ4v) is 8.00. The molecule has 0 saturated carbocycles. The highest BCUT2D eigenvalue weighted by Crippen LogP contribution is 2.40. The van der Waals surface area contributed by atoms with Gasteiger partial charge in [0.15, 0.2) is 0 Å². The molecule has 12 heteroatoms. The number of halogens is 3. The zero-order valence-electron chi connectivity index (χ0n) is 30.9. The minimum absolute atomic E-state index is 0. The van der Waals surface area contributed by atoms with Crippen LogP contribution in [-0.4, -0.2) is 85.1 Å². The van der Waals surface area contributed by atoms with Crippen molar-refractivity contribution in [1.82, 2.24) is 20.0 Å². The molecule has 0 aliphatic carbocycles. The van der Waals surface area contributed by atoms with Crippen LogP contribution in [0.2, 0.25) is 10.0 Å². The van der Waals surface area contributed by atoms with E-state index in [0.29, 0.717) is 60.3 Å². The number of fused-ring (bicyclic) bond motifs is 2. The predicted molar refractivity (Wildman–Crippen MR) is 210 cm³/mol. The fraction of sp³-hybridized carbons (Fsp3) is 0.450. The summed E-state index contributed by atoms with van der Waals surface area (Å²) in [7, 11) is 3.37. The molecular formula is C40H50Cl3N5O4. The van der Waals surface area contributed by atoms with Crippen molar-refractivity contribution >= 4 is 64.9 Å². The molecule has 2 heterocycles. The highest BCUT2D eigenvalue weighted by Gasteiger charge is 2.46. The summed E-state index contributed by atoms with van der Waals surface area (Å²) in [4.78, 5) is 62.0. The highest BCUT2D eigenvalue weighted by atomic mass is 35.5. The summed E-state index contributed by atoms with van der Waals surface area (Å²) >= 11 is 13.0. The molecule has 2 aliphatic heterocycles. The maximum absolute atomic E-state index is 14.5. The van der Waals surface area contributed by atoms with Crippen molar-refractivity contribution in [2.24, 2.45) is 5.41 Å². The molecule has 280 valence electrons. The van der Waals surface area contributed by atoms with Gasteiger partial charge in [0, 0.05) is 57.9 Å². The van der Waals surface area contributed by atoms with E-state index in [4.69, 9.17) is 23.2 Å². The molecule has 1 atom stereocenters. The number of para-hydroxylation sites is 1. The van der Waals surface area contributed by atoms with Crippen LogP contribution in [-0.2, 0) is 36.7 Å². The van der Waals surface area contributed by atoms with Gasteiger partial charge in [0.1, 0.15) is 0 Å². The summed E-state index contributed by atoms with van der Waals surface area (Å²) in [5, 5.41) is 3.98. The van der Waals surface area contributed by atoms with Gasteiger partial charge in [-0.1, -0.05) is 92.5 Å². The van der Waals surface area contributed by atoms with Crippen LogP contribution in [0.1, 0.15) is 63.6 Å². The first-order chi connectivity index (χ1) is 24.1. The molecule has 52 heavy (non-hydrogen) atoms. The Morgan fingerprint density at radius 2 is 1.52 bits per heavy atom. The molecule has 1 spiro atoms. The van der Waals surface area contributed by atoms with Crippen molar-refractivity contribution < 1.29 is 19.2 Å². The topological polar surface area (TPSA) is 93.3 Å². The molecular weight excluding hydrogens is 721 g/mol. The van der Waals surface area contributed by atoms with Crippen molar-refractivity contribution in [3.63, 3.8) is 0 Å². The largest absolute Gasteiger partial charge is 0.346 e. The molecule has 1 saturated heterocycles. The maximum atomic E-state index is 14.5. The molecule has 1 N–H and O–H groups in total. The van der Waals surface area contributed by atoms with Crippen LogP contribution < -0.4 is 10.2 Å². The zero-order valence-corrected chi connectivity index (χ0v) is 33.2. The molecule has 3 aromatic rings. The van der Waals surface area contributed by atoms with Crippen LogP contribution in [0, 0.1) is 5.41 Å². The smallest absolute Gasteiger partial charge is 0.316 e. The van der Waals surface area contributed by atoms with E-state index in [-0.39, 0.29) is 30.8 Å². The Morgan fingerprint density at radius 1 is 0.885 bits per heavy atom. The van der Waals surface area contributed by atoms with Crippen molar-refractivity contribution in [2.75, 3.05) is 51.7 Å². The third kappa shape index (κ3) is 8.44. The number of hydrogen-bond donors (Lipinski definition) is 1. The van der Waals surface area contributed by atoms with E-state index in [1.807, 2.05) is 70.2 Å². The van der Waals surface area contributed by atoms with Gasteiger partial charge in [-0.25, -0.2) is 0 Å². The lowest BCUT2D eigenvalue weighted by Gasteiger charge is -2.48. The summed E-state index contributed by atoms with van der Waals surface area (Å²) < 4.78 is 0. The van der Waals surface area contributed by atoms with E-state index < -0.39 is 28.3 Å². The fourth-order valence-electron chi connectivity index (χ4n) is 7.70. The second kappa shape index (κ2) is 16.6. The van der Waals surface area contributed by atoms with Gasteiger partial charge in [0.2, 0.25) is 11.8 Å². The Hall–Kier alpha value is -3.63. The summed E-state index contributed by atoms with van der Waals surface area (Å²) in [5.41, 5.74) is 1.24. The average Bonchev–Trinajstić information content (AvgIpc) is 3.11. The molecule has 0 aromatic heterocycles. The first kappa shape index (κ1) is 41.1. The van der Waals surface area contributed by atoms with Crippen LogP contribution in [0.3, 0.4) is 0 Å². The lowest BCUT2D eigenvalue weighted by atomic mass is 9.75. The Balaban J connectivity index is 0.00000605. The van der Waals surface area contributed by atoms with Crippen LogP contribution >= 0.6 is 35.6 Å². The molecule has 3 aromatic carbocycles. The number of carbonyl (C=O) groups is 4. The van der Waals surface area contributed by atoms with Gasteiger partial charge in [-0.15, -0.1) is 12.4 Å². The van der Waals surface area contributed by atoms with E-state index in [0.717, 1.165) is 18.4 Å². The second-order valence-corrected chi connectivity index (χ2v) is 15.7. The van der Waals surface area contributed by atoms with Crippen LogP contribution in [0.15, 0.2) is 72.8 Å². The zero-order chi connectivity index (χ0) is 37.1. The molecule has 0 radical (unpaired) electrons. The number of likely N-dealkylation sites (N-methyl/N-ethyl adjacent to an activating group) is 3. The molecule has 0 bridgehead atoms. The third-order valence-electron chi connectivity index (χ3n) is 10.5. The van der Waals surface area contributed by atoms with Gasteiger partial charge in [-0.3, -0.25) is 19.2 Å². The van der Waals surface area contributed by atoms with Crippen molar-refractivity contribution in [1.29, 1.82) is 0 Å². The van der Waals surface area contributed by atoms with Crippen LogP contribution in [0.5, 0.6) is 0 Å². The van der Waals surface area contributed by atoms with Gasteiger partial charge in [0.25, 0.3) is 0 Å². The second-order valence-electron chi connectivity index (χ2n) is 14.9. The van der Waals surface area contributed by atoms with E-state index in [2.05, 4.69) is 16.3 Å². The SMILES string of the molecule is CCN(C(=O)C(=O)N(C)C(CCN1CCC2(CC1)NC(=O)Cc1ccccc12)(CN(C)C(=O)C(C)(C)C)c1ccc(Cl)c(Cl)c1)c1ccccc1.Cl. The molecule has 9 nitrogen and oxygen atoms in total. The normalized spacial score (nSPS) is 16.5. The molecule has 5 rings (SSSR count). The molecule has 1 unspecified atom stereocenters. The standard InChI is InChI=1S/C40H49Cl2N5O4.ClH/c1-7-47(30-14-9-8-10-15-30)36(50)35(49)45(6)40(27-44(5)37(51)38(2,3)4,29-17-18-32(41)33(42)26-29)21-24-46-22-19-39(20-23-46)31-16-12-11-13-28(31)25-34(48)43-39;/h8-18,26H,7,19-25,27H2,1-6H3,(H,43,48);1H.